The molecule has 0 saturated carbocycles. The molecule has 32 heavy (non-hydrogen) atoms. The normalized spacial score (nSPS) is 19.1. The van der Waals surface area contributed by atoms with Gasteiger partial charge < -0.3 is 15.2 Å². The number of aromatic nitrogens is 3. The van der Waals surface area contributed by atoms with Gasteiger partial charge in [-0.3, -0.25) is 0 Å². The predicted octanol–water partition coefficient (Wildman–Crippen LogP) is 0.851. The van der Waals surface area contributed by atoms with Gasteiger partial charge in [-0.25, -0.2) is 4.31 Å². The largest absolute Gasteiger partial charge is 0.845 e. The molecule has 2 aromatic rings. The van der Waals surface area contributed by atoms with Gasteiger partial charge in [0.25, 0.3) is 0 Å². The number of hydrogen-bond acceptors (Lipinski definition) is 6. The molecule has 1 fully saturated rings. The van der Waals surface area contributed by atoms with Crippen molar-refractivity contribution in [3.8, 4) is 0 Å². The first kappa shape index (κ1) is 21.2. The van der Waals surface area contributed by atoms with E-state index in [1.54, 1.807) is 7.05 Å². The molecular formula is C21H27N6O4S-. The molecule has 2 heterocycles. The van der Waals surface area contributed by atoms with E-state index in [1.165, 1.54) is 22.1 Å². The molecule has 5 rings (SSSR count). The summed E-state index contributed by atoms with van der Waals surface area (Å²) in [5, 5.41) is 23.9. The first-order chi connectivity index (χ1) is 15.4. The maximum absolute atomic E-state index is 13.3. The van der Waals surface area contributed by atoms with Crippen LogP contribution in [0, 0.1) is 0 Å². The first-order valence-corrected chi connectivity index (χ1v) is 12.5. The summed E-state index contributed by atoms with van der Waals surface area (Å²) in [6, 6.07) is 0.988. The van der Waals surface area contributed by atoms with Gasteiger partial charge in [0.05, 0.1) is 18.3 Å². The lowest BCUT2D eigenvalue weighted by molar-refractivity contribution is -0.213. The molecule has 1 aromatic carbocycles. The molecule has 0 spiro atoms. The highest BCUT2D eigenvalue weighted by atomic mass is 32.2. The lowest BCUT2D eigenvalue weighted by Crippen LogP contribution is -2.44. The van der Waals surface area contributed by atoms with E-state index in [1.807, 2.05) is 0 Å². The number of rotatable bonds is 5. The van der Waals surface area contributed by atoms with Crippen molar-refractivity contribution in [3.63, 3.8) is 0 Å². The van der Waals surface area contributed by atoms with E-state index in [9.17, 15) is 13.5 Å². The van der Waals surface area contributed by atoms with Crippen molar-refractivity contribution in [2.75, 3.05) is 22.8 Å². The molecule has 1 aliphatic heterocycles. The zero-order valence-electron chi connectivity index (χ0n) is 18.1. The Morgan fingerprint density at radius 3 is 2.44 bits per heavy atom. The van der Waals surface area contributed by atoms with Crippen LogP contribution in [0.3, 0.4) is 0 Å². The Morgan fingerprint density at radius 1 is 1.19 bits per heavy atom. The lowest BCUT2D eigenvalue weighted by atomic mass is 9.99. The Hall–Kier alpha value is -2.66. The number of amidine groups is 1. The highest BCUT2D eigenvalue weighted by molar-refractivity contribution is 7.91. The minimum atomic E-state index is -4.33. The minimum Gasteiger partial charge on any atom is -0.845 e. The van der Waals surface area contributed by atoms with Crippen LogP contribution in [-0.4, -0.2) is 48.7 Å². The van der Waals surface area contributed by atoms with Crippen molar-refractivity contribution in [1.82, 2.24) is 15.0 Å². The Morgan fingerprint density at radius 2 is 1.84 bits per heavy atom. The third kappa shape index (κ3) is 3.95. The topological polar surface area (TPSA) is 125 Å². The maximum atomic E-state index is 13.3. The van der Waals surface area contributed by atoms with Crippen LogP contribution < -0.4 is 14.7 Å². The summed E-state index contributed by atoms with van der Waals surface area (Å²) in [6.45, 7) is 0.872. The smallest absolute Gasteiger partial charge is 0.347 e. The SMILES string of the molecule is Cn1ncc(N(C2CCOCC2)S(=O)(=O)/N=C(\[O-])Nc2c3c(cc4c2CCC4)CCC3)n1. The predicted molar refractivity (Wildman–Crippen MR) is 118 cm³/mol. The van der Waals surface area contributed by atoms with E-state index in [0.717, 1.165) is 59.6 Å². The molecule has 10 nitrogen and oxygen atoms in total. The third-order valence-corrected chi connectivity index (χ3v) is 7.87. The van der Waals surface area contributed by atoms with Crippen molar-refractivity contribution in [2.24, 2.45) is 11.4 Å². The summed E-state index contributed by atoms with van der Waals surface area (Å²) < 4.78 is 36.7. The van der Waals surface area contributed by atoms with Crippen LogP contribution in [0.1, 0.15) is 47.9 Å². The number of nitrogens with zero attached hydrogens (tertiary/aromatic N) is 5. The number of nitrogens with one attached hydrogen (secondary N) is 1. The molecule has 0 bridgehead atoms. The van der Waals surface area contributed by atoms with Gasteiger partial charge in [0.15, 0.2) is 5.82 Å². The van der Waals surface area contributed by atoms with Gasteiger partial charge in [0.2, 0.25) is 0 Å². The van der Waals surface area contributed by atoms with Gasteiger partial charge in [0, 0.05) is 25.9 Å². The fourth-order valence-corrected chi connectivity index (χ4v) is 6.35. The van der Waals surface area contributed by atoms with Crippen LogP contribution in [0.4, 0.5) is 11.5 Å². The van der Waals surface area contributed by atoms with E-state index in [0.29, 0.717) is 26.1 Å². The molecule has 0 amide bonds. The zero-order valence-corrected chi connectivity index (χ0v) is 18.9. The summed E-state index contributed by atoms with van der Waals surface area (Å²) >= 11 is 0. The highest BCUT2D eigenvalue weighted by Gasteiger charge is 2.33. The molecule has 0 radical (unpaired) electrons. The number of aryl methyl sites for hydroxylation is 3. The lowest BCUT2D eigenvalue weighted by Gasteiger charge is -2.32. The van der Waals surface area contributed by atoms with E-state index in [2.05, 4.69) is 26.0 Å². The number of benzene rings is 1. The summed E-state index contributed by atoms with van der Waals surface area (Å²) in [5.74, 6) is 0.150. The van der Waals surface area contributed by atoms with Crippen LogP contribution in [0.5, 0.6) is 0 Å². The summed E-state index contributed by atoms with van der Waals surface area (Å²) in [7, 11) is -2.72. The van der Waals surface area contributed by atoms with Crippen molar-refractivity contribution < 1.29 is 18.3 Å². The average molecular weight is 460 g/mol. The number of anilines is 2. The minimum absolute atomic E-state index is 0.150. The van der Waals surface area contributed by atoms with Crippen molar-refractivity contribution in [1.29, 1.82) is 0 Å². The Labute approximate surface area is 187 Å². The second kappa shape index (κ2) is 8.36. The molecule has 0 unspecified atom stereocenters. The van der Waals surface area contributed by atoms with Gasteiger partial charge in [0.1, 0.15) is 0 Å². The van der Waals surface area contributed by atoms with Crippen molar-refractivity contribution in [2.45, 2.75) is 57.4 Å². The summed E-state index contributed by atoms with van der Waals surface area (Å²) in [5.41, 5.74) is 5.54. The van der Waals surface area contributed by atoms with Crippen LogP contribution in [0.25, 0.3) is 0 Å². The van der Waals surface area contributed by atoms with E-state index in [4.69, 9.17) is 4.74 Å². The first-order valence-electron chi connectivity index (χ1n) is 11.1. The Bertz CT molecular complexity index is 1120. The molecule has 11 heteroatoms. The number of ether oxygens (including phenoxy) is 1. The van der Waals surface area contributed by atoms with E-state index in [-0.39, 0.29) is 5.82 Å². The maximum Gasteiger partial charge on any atom is 0.347 e. The summed E-state index contributed by atoms with van der Waals surface area (Å²) in [4.78, 5) is 1.29. The van der Waals surface area contributed by atoms with Crippen molar-refractivity contribution in [3.05, 3.63) is 34.5 Å². The van der Waals surface area contributed by atoms with Crippen LogP contribution in [-0.2, 0) is 47.7 Å². The molecular weight excluding hydrogens is 432 g/mol. The second-order valence-corrected chi connectivity index (χ2v) is 10.0. The van der Waals surface area contributed by atoms with Gasteiger partial charge in [-0.1, -0.05) is 6.07 Å². The molecule has 1 saturated heterocycles. The highest BCUT2D eigenvalue weighted by Crippen LogP contribution is 2.38. The molecule has 172 valence electrons. The van der Waals surface area contributed by atoms with Gasteiger partial charge in [-0.05, 0) is 73.6 Å². The third-order valence-electron chi connectivity index (χ3n) is 6.49. The average Bonchev–Trinajstić information content (AvgIpc) is 3.49. The van der Waals surface area contributed by atoms with E-state index >= 15 is 0 Å². The molecule has 1 N–H and O–H groups in total. The van der Waals surface area contributed by atoms with Gasteiger partial charge in [-0.2, -0.15) is 18.3 Å². The van der Waals surface area contributed by atoms with Gasteiger partial charge in [-0.15, -0.1) is 9.50 Å². The molecule has 3 aliphatic rings. The molecule has 0 atom stereocenters. The van der Waals surface area contributed by atoms with Gasteiger partial charge >= 0.3 is 10.2 Å². The standard InChI is InChI=1S/C21H28N6O4S/c1-26-22-13-19(24-26)27(16-8-10-31-11-9-16)32(29,30)25-21(28)23-20-17-6-2-4-14(17)12-15-5-3-7-18(15)20/h12-13,16H,2-11H2,1H3,(H2,23,25,28)/p-1. The van der Waals surface area contributed by atoms with Crippen molar-refractivity contribution >= 4 is 27.7 Å². The number of fused-ring (bicyclic) bond motifs is 2. The number of hydrogen-bond donors (Lipinski definition) is 1. The van der Waals surface area contributed by atoms with E-state index < -0.39 is 22.3 Å². The zero-order chi connectivity index (χ0) is 22.3. The summed E-state index contributed by atoms with van der Waals surface area (Å²) in [6.07, 6.45) is 8.20. The monoisotopic (exact) mass is 459 g/mol. The van der Waals surface area contributed by atoms with Crippen LogP contribution in [0.15, 0.2) is 16.7 Å². The second-order valence-electron chi connectivity index (χ2n) is 8.56. The molecule has 1 aromatic heterocycles. The quantitative estimate of drug-likeness (QED) is 0.519. The Balaban J connectivity index is 1.48. The fraction of sp³-hybridized carbons (Fsp3) is 0.571. The fourth-order valence-electron chi connectivity index (χ4n) is 5.10. The Kier molecular flexibility index (Phi) is 5.54. The van der Waals surface area contributed by atoms with Crippen LogP contribution in [0.2, 0.25) is 0 Å². The van der Waals surface area contributed by atoms with Crippen LogP contribution >= 0.6 is 0 Å². The molecule has 2 aliphatic carbocycles.